The number of methoxy groups -OCH3 is 1. The van der Waals surface area contributed by atoms with E-state index in [4.69, 9.17) is 10.6 Å². The molecule has 1 atom stereocenters. The molecule has 3 N–H and O–H groups in total. The van der Waals surface area contributed by atoms with Crippen LogP contribution in [0.3, 0.4) is 0 Å². The maximum atomic E-state index is 5.78. The molecular formula is C17H22N2O. The van der Waals surface area contributed by atoms with E-state index in [-0.39, 0.29) is 6.04 Å². The van der Waals surface area contributed by atoms with Gasteiger partial charge >= 0.3 is 0 Å². The fourth-order valence-corrected chi connectivity index (χ4v) is 2.64. The summed E-state index contributed by atoms with van der Waals surface area (Å²) >= 11 is 0. The van der Waals surface area contributed by atoms with Gasteiger partial charge in [-0.05, 0) is 43.5 Å². The topological polar surface area (TPSA) is 47.3 Å². The van der Waals surface area contributed by atoms with Crippen LogP contribution in [0.5, 0.6) is 5.75 Å². The molecule has 2 rings (SSSR count). The molecular weight excluding hydrogens is 248 g/mol. The van der Waals surface area contributed by atoms with Crippen LogP contribution in [0.4, 0.5) is 0 Å². The van der Waals surface area contributed by atoms with Gasteiger partial charge in [0.05, 0.1) is 13.2 Å². The average Bonchev–Trinajstić information content (AvgIpc) is 2.38. The van der Waals surface area contributed by atoms with Crippen LogP contribution >= 0.6 is 0 Å². The predicted molar refractivity (Wildman–Crippen MR) is 82.8 cm³/mol. The van der Waals surface area contributed by atoms with Crippen molar-refractivity contribution in [2.75, 3.05) is 7.11 Å². The minimum absolute atomic E-state index is 0.0155. The Balaban J connectivity index is 2.44. The van der Waals surface area contributed by atoms with Gasteiger partial charge in [-0.25, -0.2) is 5.43 Å². The van der Waals surface area contributed by atoms with Crippen molar-refractivity contribution >= 4 is 0 Å². The van der Waals surface area contributed by atoms with E-state index in [1.165, 1.54) is 16.7 Å². The third-order valence-corrected chi connectivity index (χ3v) is 3.50. The zero-order valence-corrected chi connectivity index (χ0v) is 12.5. The van der Waals surface area contributed by atoms with E-state index in [9.17, 15) is 0 Å². The zero-order chi connectivity index (χ0) is 14.7. The highest BCUT2D eigenvalue weighted by Gasteiger charge is 2.14. The molecule has 0 fully saturated rings. The van der Waals surface area contributed by atoms with E-state index in [1.54, 1.807) is 7.11 Å². The summed E-state index contributed by atoms with van der Waals surface area (Å²) in [5.74, 6) is 6.67. The van der Waals surface area contributed by atoms with Gasteiger partial charge in [-0.1, -0.05) is 41.5 Å². The van der Waals surface area contributed by atoms with Gasteiger partial charge < -0.3 is 4.74 Å². The molecule has 1 unspecified atom stereocenters. The Morgan fingerprint density at radius 2 is 1.60 bits per heavy atom. The molecule has 0 aliphatic rings. The Labute approximate surface area is 120 Å². The van der Waals surface area contributed by atoms with Crippen molar-refractivity contribution in [1.29, 1.82) is 0 Å². The molecule has 2 aromatic rings. The van der Waals surface area contributed by atoms with Crippen molar-refractivity contribution in [3.63, 3.8) is 0 Å². The lowest BCUT2D eigenvalue weighted by Crippen LogP contribution is -2.29. The summed E-state index contributed by atoms with van der Waals surface area (Å²) in [4.78, 5) is 0. The number of aryl methyl sites for hydroxylation is 3. The number of ether oxygens (including phenoxy) is 1. The predicted octanol–water partition coefficient (Wildman–Crippen LogP) is 3.17. The largest absolute Gasteiger partial charge is 0.496 e. The Morgan fingerprint density at radius 3 is 2.10 bits per heavy atom. The van der Waals surface area contributed by atoms with E-state index in [0.29, 0.717) is 0 Å². The first-order valence-electron chi connectivity index (χ1n) is 6.74. The van der Waals surface area contributed by atoms with E-state index in [1.807, 2.05) is 19.1 Å². The molecule has 0 spiro atoms. The van der Waals surface area contributed by atoms with E-state index in [0.717, 1.165) is 16.9 Å². The third-order valence-electron chi connectivity index (χ3n) is 3.50. The number of hydrogen-bond acceptors (Lipinski definition) is 3. The second-order valence-electron chi connectivity index (χ2n) is 5.25. The summed E-state index contributed by atoms with van der Waals surface area (Å²) in [5.41, 5.74) is 8.81. The van der Waals surface area contributed by atoms with Gasteiger partial charge in [-0.15, -0.1) is 0 Å². The number of nitrogens with one attached hydrogen (secondary N) is 1. The minimum Gasteiger partial charge on any atom is -0.496 e. The van der Waals surface area contributed by atoms with Gasteiger partial charge in [0, 0.05) is 0 Å². The summed E-state index contributed by atoms with van der Waals surface area (Å²) < 4.78 is 5.31. The molecule has 0 bridgehead atoms. The molecule has 0 saturated carbocycles. The number of benzene rings is 2. The van der Waals surface area contributed by atoms with E-state index in [2.05, 4.69) is 43.5 Å². The Bertz CT molecular complexity index is 588. The van der Waals surface area contributed by atoms with Crippen LogP contribution in [-0.2, 0) is 0 Å². The number of hydrazine groups is 1. The minimum atomic E-state index is -0.0155. The lowest BCUT2D eigenvalue weighted by molar-refractivity contribution is 0.411. The molecule has 0 aliphatic heterocycles. The Kier molecular flexibility index (Phi) is 4.42. The highest BCUT2D eigenvalue weighted by Crippen LogP contribution is 2.27. The molecule has 0 heterocycles. The van der Waals surface area contributed by atoms with Crippen LogP contribution < -0.4 is 16.0 Å². The first kappa shape index (κ1) is 14.6. The normalized spacial score (nSPS) is 12.2. The maximum absolute atomic E-state index is 5.78. The molecule has 0 saturated heterocycles. The lowest BCUT2D eigenvalue weighted by Gasteiger charge is -2.19. The van der Waals surface area contributed by atoms with Gasteiger partial charge in [-0.3, -0.25) is 5.84 Å². The monoisotopic (exact) mass is 270 g/mol. The van der Waals surface area contributed by atoms with Crippen molar-refractivity contribution in [3.05, 3.63) is 64.2 Å². The molecule has 2 aromatic carbocycles. The third kappa shape index (κ3) is 3.00. The average molecular weight is 270 g/mol. The molecule has 106 valence electrons. The van der Waals surface area contributed by atoms with Crippen LogP contribution in [-0.4, -0.2) is 7.11 Å². The van der Waals surface area contributed by atoms with Crippen molar-refractivity contribution in [3.8, 4) is 5.75 Å². The first-order valence-corrected chi connectivity index (χ1v) is 6.74. The number of hydrogen-bond donors (Lipinski definition) is 2. The van der Waals surface area contributed by atoms with Crippen molar-refractivity contribution < 1.29 is 4.74 Å². The Hall–Kier alpha value is -1.84. The smallest absolute Gasteiger partial charge is 0.121 e. The highest BCUT2D eigenvalue weighted by molar-refractivity contribution is 5.42. The maximum Gasteiger partial charge on any atom is 0.121 e. The number of nitrogens with two attached hydrogens (primary N) is 1. The summed E-state index contributed by atoms with van der Waals surface area (Å²) in [6.07, 6.45) is 0. The molecule has 0 amide bonds. The van der Waals surface area contributed by atoms with Crippen LogP contribution in [0.2, 0.25) is 0 Å². The SMILES string of the molecule is COc1ccc(C(NN)c2cc(C)cc(C)c2)cc1C. The fraction of sp³-hybridized carbons (Fsp3) is 0.294. The molecule has 20 heavy (non-hydrogen) atoms. The molecule has 3 heteroatoms. The zero-order valence-electron chi connectivity index (χ0n) is 12.5. The van der Waals surface area contributed by atoms with Gasteiger partial charge in [0.2, 0.25) is 0 Å². The number of rotatable bonds is 4. The van der Waals surface area contributed by atoms with Gasteiger partial charge in [0.25, 0.3) is 0 Å². The van der Waals surface area contributed by atoms with Crippen molar-refractivity contribution in [1.82, 2.24) is 5.43 Å². The lowest BCUT2D eigenvalue weighted by atomic mass is 9.95. The van der Waals surface area contributed by atoms with Crippen LogP contribution in [0, 0.1) is 20.8 Å². The second-order valence-corrected chi connectivity index (χ2v) is 5.25. The summed E-state index contributed by atoms with van der Waals surface area (Å²) in [6, 6.07) is 12.6. The summed E-state index contributed by atoms with van der Waals surface area (Å²) in [6.45, 7) is 6.24. The molecule has 0 aliphatic carbocycles. The van der Waals surface area contributed by atoms with E-state index < -0.39 is 0 Å². The van der Waals surface area contributed by atoms with Crippen LogP contribution in [0.15, 0.2) is 36.4 Å². The molecule has 0 radical (unpaired) electrons. The van der Waals surface area contributed by atoms with Gasteiger partial charge in [-0.2, -0.15) is 0 Å². The summed E-state index contributed by atoms with van der Waals surface area (Å²) in [7, 11) is 1.69. The molecule has 3 nitrogen and oxygen atoms in total. The first-order chi connectivity index (χ1) is 9.55. The van der Waals surface area contributed by atoms with E-state index >= 15 is 0 Å². The van der Waals surface area contributed by atoms with Gasteiger partial charge in [0.1, 0.15) is 5.75 Å². The summed E-state index contributed by atoms with van der Waals surface area (Å²) in [5, 5.41) is 0. The van der Waals surface area contributed by atoms with Crippen molar-refractivity contribution in [2.24, 2.45) is 5.84 Å². The highest BCUT2D eigenvalue weighted by atomic mass is 16.5. The quantitative estimate of drug-likeness (QED) is 0.662. The second kappa shape index (κ2) is 6.07. The van der Waals surface area contributed by atoms with Crippen LogP contribution in [0.25, 0.3) is 0 Å². The van der Waals surface area contributed by atoms with Crippen molar-refractivity contribution in [2.45, 2.75) is 26.8 Å². The standard InChI is InChI=1S/C17H22N2O/c1-11-7-12(2)9-15(8-11)17(19-18)14-5-6-16(20-4)13(3)10-14/h5-10,17,19H,18H2,1-4H3. The van der Waals surface area contributed by atoms with Gasteiger partial charge in [0.15, 0.2) is 0 Å². The van der Waals surface area contributed by atoms with Crippen LogP contribution in [0.1, 0.15) is 33.9 Å². The Morgan fingerprint density at radius 1 is 0.950 bits per heavy atom. The fourth-order valence-electron chi connectivity index (χ4n) is 2.64. The molecule has 0 aromatic heterocycles.